The Hall–Kier alpha value is -1.35. The van der Waals surface area contributed by atoms with Gasteiger partial charge in [0.25, 0.3) is 0 Å². The van der Waals surface area contributed by atoms with E-state index in [9.17, 15) is 4.79 Å². The van der Waals surface area contributed by atoms with Gasteiger partial charge in [0, 0.05) is 18.7 Å². The van der Waals surface area contributed by atoms with Gasteiger partial charge >= 0.3 is 0 Å². The number of carbonyl (C=O) groups is 1. The zero-order valence-electron chi connectivity index (χ0n) is 13.6. The number of anilines is 1. The zero-order valence-corrected chi connectivity index (χ0v) is 13.6. The molecule has 1 unspecified atom stereocenters. The van der Waals surface area contributed by atoms with Gasteiger partial charge in [-0.25, -0.2) is 0 Å². The molecule has 0 aliphatic rings. The summed E-state index contributed by atoms with van der Waals surface area (Å²) < 4.78 is 0. The number of hydrogen-bond donors (Lipinski definition) is 2. The Balaban J connectivity index is 0.000000396. The van der Waals surface area contributed by atoms with Gasteiger partial charge in [-0.2, -0.15) is 0 Å². The average molecular weight is 278 g/mol. The van der Waals surface area contributed by atoms with Gasteiger partial charge in [0.05, 0.1) is 0 Å². The van der Waals surface area contributed by atoms with Crippen molar-refractivity contribution in [2.75, 3.05) is 11.9 Å². The van der Waals surface area contributed by atoms with Crippen molar-refractivity contribution in [2.24, 2.45) is 0 Å². The lowest BCUT2D eigenvalue weighted by molar-refractivity contribution is -0.114. The molecule has 3 nitrogen and oxygen atoms in total. The van der Waals surface area contributed by atoms with E-state index in [1.54, 1.807) is 0 Å². The number of hydrogen-bond acceptors (Lipinski definition) is 2. The van der Waals surface area contributed by atoms with Crippen molar-refractivity contribution in [3.05, 3.63) is 29.8 Å². The third kappa shape index (κ3) is 9.56. The standard InChI is InChI=1S/C10H13NO.C7H17N/c1-3-9-5-4-6-10(7-9)11-8(2)12;1-4-6-8-7(3)5-2/h4-7H,3H2,1-2H3,(H,11,12);7-8H,4-6H2,1-3H3. The first kappa shape index (κ1) is 18.7. The quantitative estimate of drug-likeness (QED) is 0.826. The summed E-state index contributed by atoms with van der Waals surface area (Å²) in [6, 6.07) is 8.58. The normalized spacial score (nSPS) is 11.2. The molecule has 1 aromatic carbocycles. The molecule has 0 fully saturated rings. The van der Waals surface area contributed by atoms with Crippen LogP contribution < -0.4 is 10.6 Å². The number of carbonyl (C=O) groups excluding carboxylic acids is 1. The van der Waals surface area contributed by atoms with Crippen LogP contribution in [-0.4, -0.2) is 18.5 Å². The third-order valence-electron chi connectivity index (χ3n) is 3.01. The van der Waals surface area contributed by atoms with Gasteiger partial charge in [-0.3, -0.25) is 4.79 Å². The molecule has 20 heavy (non-hydrogen) atoms. The van der Waals surface area contributed by atoms with Crippen LogP contribution in [0.5, 0.6) is 0 Å². The van der Waals surface area contributed by atoms with Gasteiger partial charge in [-0.1, -0.05) is 32.9 Å². The van der Waals surface area contributed by atoms with E-state index < -0.39 is 0 Å². The Kier molecular flexibility index (Phi) is 10.7. The highest BCUT2D eigenvalue weighted by atomic mass is 16.1. The molecule has 2 N–H and O–H groups in total. The van der Waals surface area contributed by atoms with E-state index in [4.69, 9.17) is 0 Å². The van der Waals surface area contributed by atoms with Gasteiger partial charge in [-0.15, -0.1) is 0 Å². The van der Waals surface area contributed by atoms with Crippen LogP contribution in [0.25, 0.3) is 0 Å². The molecule has 0 bridgehead atoms. The monoisotopic (exact) mass is 278 g/mol. The van der Waals surface area contributed by atoms with E-state index in [2.05, 4.69) is 38.3 Å². The number of aryl methyl sites for hydroxylation is 1. The van der Waals surface area contributed by atoms with Crippen LogP contribution in [-0.2, 0) is 11.2 Å². The molecular weight excluding hydrogens is 248 g/mol. The Labute approximate surface area is 124 Å². The first-order chi connectivity index (χ1) is 9.53. The van der Waals surface area contributed by atoms with E-state index in [1.807, 2.05) is 24.3 Å². The molecule has 114 valence electrons. The molecule has 1 amide bonds. The lowest BCUT2D eigenvalue weighted by Crippen LogP contribution is -2.25. The summed E-state index contributed by atoms with van der Waals surface area (Å²) in [4.78, 5) is 10.7. The first-order valence-electron chi connectivity index (χ1n) is 7.63. The SMILES string of the molecule is CCCNC(C)CC.CCc1cccc(NC(C)=O)c1. The smallest absolute Gasteiger partial charge is 0.221 e. The topological polar surface area (TPSA) is 41.1 Å². The summed E-state index contributed by atoms with van der Waals surface area (Å²) in [5.74, 6) is -0.0248. The van der Waals surface area contributed by atoms with Crippen molar-refractivity contribution in [2.45, 2.75) is 59.9 Å². The van der Waals surface area contributed by atoms with Gasteiger partial charge < -0.3 is 10.6 Å². The van der Waals surface area contributed by atoms with Crippen molar-refractivity contribution in [1.82, 2.24) is 5.32 Å². The number of nitrogens with one attached hydrogen (secondary N) is 2. The van der Waals surface area contributed by atoms with Gasteiger partial charge in [0.1, 0.15) is 0 Å². The molecule has 1 rings (SSSR count). The molecule has 0 radical (unpaired) electrons. The molecule has 0 heterocycles. The van der Waals surface area contributed by atoms with Crippen LogP contribution in [0.3, 0.4) is 0 Å². The van der Waals surface area contributed by atoms with E-state index in [0.29, 0.717) is 6.04 Å². The van der Waals surface area contributed by atoms with E-state index >= 15 is 0 Å². The lowest BCUT2D eigenvalue weighted by Gasteiger charge is -2.08. The van der Waals surface area contributed by atoms with E-state index in [1.165, 1.54) is 25.3 Å². The van der Waals surface area contributed by atoms with E-state index in [-0.39, 0.29) is 5.91 Å². The lowest BCUT2D eigenvalue weighted by atomic mass is 10.1. The minimum absolute atomic E-state index is 0.0248. The molecule has 1 atom stereocenters. The first-order valence-corrected chi connectivity index (χ1v) is 7.63. The van der Waals surface area contributed by atoms with Crippen LogP contribution in [0.4, 0.5) is 5.69 Å². The summed E-state index contributed by atoms with van der Waals surface area (Å²) in [5.41, 5.74) is 2.11. The highest BCUT2D eigenvalue weighted by Crippen LogP contribution is 2.10. The molecule has 1 aromatic rings. The van der Waals surface area contributed by atoms with Crippen molar-refractivity contribution >= 4 is 11.6 Å². The Morgan fingerprint density at radius 3 is 2.45 bits per heavy atom. The molecule has 0 aliphatic carbocycles. The number of rotatable bonds is 6. The van der Waals surface area contributed by atoms with Crippen molar-refractivity contribution in [1.29, 1.82) is 0 Å². The summed E-state index contributed by atoms with van der Waals surface area (Å²) >= 11 is 0. The average Bonchev–Trinajstić information content (AvgIpc) is 2.44. The van der Waals surface area contributed by atoms with Gasteiger partial charge in [0.15, 0.2) is 0 Å². The predicted molar refractivity (Wildman–Crippen MR) is 88.2 cm³/mol. The second-order valence-electron chi connectivity index (χ2n) is 5.00. The largest absolute Gasteiger partial charge is 0.326 e. The fourth-order valence-electron chi connectivity index (χ4n) is 1.61. The van der Waals surface area contributed by atoms with E-state index in [0.717, 1.165) is 18.7 Å². The van der Waals surface area contributed by atoms with Crippen LogP contribution in [0, 0.1) is 0 Å². The van der Waals surface area contributed by atoms with Crippen molar-refractivity contribution in [3.8, 4) is 0 Å². The van der Waals surface area contributed by atoms with Gasteiger partial charge in [-0.05, 0) is 50.4 Å². The Morgan fingerprint density at radius 1 is 1.25 bits per heavy atom. The Bertz CT molecular complexity index is 377. The second-order valence-corrected chi connectivity index (χ2v) is 5.00. The fourth-order valence-corrected chi connectivity index (χ4v) is 1.61. The number of amides is 1. The molecule has 0 saturated carbocycles. The highest BCUT2D eigenvalue weighted by Gasteiger charge is 1.95. The molecule has 3 heteroatoms. The summed E-state index contributed by atoms with van der Waals surface area (Å²) in [7, 11) is 0. The molecule has 0 saturated heterocycles. The highest BCUT2D eigenvalue weighted by molar-refractivity contribution is 5.88. The fraction of sp³-hybridized carbons (Fsp3) is 0.588. The maximum Gasteiger partial charge on any atom is 0.221 e. The molecule has 0 spiro atoms. The van der Waals surface area contributed by atoms with Crippen LogP contribution >= 0.6 is 0 Å². The van der Waals surface area contributed by atoms with Gasteiger partial charge in [0.2, 0.25) is 5.91 Å². The molecule has 0 aliphatic heterocycles. The van der Waals surface area contributed by atoms with Crippen LogP contribution in [0.15, 0.2) is 24.3 Å². The Morgan fingerprint density at radius 2 is 1.95 bits per heavy atom. The number of benzene rings is 1. The second kappa shape index (κ2) is 11.5. The minimum Gasteiger partial charge on any atom is -0.326 e. The molecular formula is C17H30N2O. The summed E-state index contributed by atoms with van der Waals surface area (Å²) in [6.07, 6.45) is 3.47. The van der Waals surface area contributed by atoms with Crippen molar-refractivity contribution in [3.63, 3.8) is 0 Å². The maximum atomic E-state index is 10.7. The van der Waals surface area contributed by atoms with Crippen LogP contribution in [0.1, 0.15) is 53.0 Å². The minimum atomic E-state index is -0.0248. The predicted octanol–water partition coefficient (Wildman–Crippen LogP) is 3.99. The maximum absolute atomic E-state index is 10.7. The zero-order chi connectivity index (χ0) is 15.4. The summed E-state index contributed by atoms with van der Waals surface area (Å²) in [6.45, 7) is 11.4. The third-order valence-corrected chi connectivity index (χ3v) is 3.01. The van der Waals surface area contributed by atoms with Crippen LogP contribution in [0.2, 0.25) is 0 Å². The summed E-state index contributed by atoms with van der Waals surface area (Å²) in [5, 5.41) is 6.12. The van der Waals surface area contributed by atoms with Crippen molar-refractivity contribution < 1.29 is 4.79 Å². The molecule has 0 aromatic heterocycles.